The Morgan fingerprint density at radius 3 is 2.36 bits per heavy atom. The van der Waals surface area contributed by atoms with Crippen LogP contribution in [0.5, 0.6) is 11.5 Å². The number of rotatable bonds is 4. The van der Waals surface area contributed by atoms with Gasteiger partial charge in [-0.15, -0.1) is 0 Å². The van der Waals surface area contributed by atoms with Gasteiger partial charge in [-0.3, -0.25) is 4.79 Å². The lowest BCUT2D eigenvalue weighted by Gasteiger charge is -2.10. The van der Waals surface area contributed by atoms with E-state index in [9.17, 15) is 4.79 Å². The summed E-state index contributed by atoms with van der Waals surface area (Å²) >= 11 is 4.88. The maximum Gasteiger partial charge on any atom is 0.284 e. The van der Waals surface area contributed by atoms with Gasteiger partial charge in [0.05, 0.1) is 19.1 Å². The van der Waals surface area contributed by atoms with Crippen molar-refractivity contribution in [2.45, 2.75) is 6.92 Å². The summed E-state index contributed by atoms with van der Waals surface area (Å²) in [5.41, 5.74) is 2.94. The van der Waals surface area contributed by atoms with E-state index in [0.29, 0.717) is 21.4 Å². The maximum atomic E-state index is 12.3. The second-order valence-electron chi connectivity index (χ2n) is 5.43. The van der Waals surface area contributed by atoms with Gasteiger partial charge in [0.2, 0.25) is 0 Å². The Morgan fingerprint density at radius 1 is 1.08 bits per heavy atom. The van der Waals surface area contributed by atoms with Gasteiger partial charge >= 0.3 is 0 Å². The minimum Gasteiger partial charge on any atom is -0.493 e. The van der Waals surface area contributed by atoms with Crippen molar-refractivity contribution in [1.82, 2.24) is 0 Å². The van der Waals surface area contributed by atoms with Crippen molar-refractivity contribution in [3.05, 3.63) is 62.5 Å². The van der Waals surface area contributed by atoms with Crippen LogP contribution >= 0.6 is 27.7 Å². The molecule has 0 atom stereocenters. The van der Waals surface area contributed by atoms with E-state index in [1.807, 2.05) is 49.4 Å². The molecule has 2 aromatic rings. The number of carbonyl (C=O) groups excluding carboxylic acids is 1. The molecule has 0 unspecified atom stereocenters. The van der Waals surface area contributed by atoms with Crippen molar-refractivity contribution in [3.8, 4) is 11.5 Å². The molecule has 1 heterocycles. The zero-order valence-electron chi connectivity index (χ0n) is 14.0. The first-order chi connectivity index (χ1) is 12.0. The fourth-order valence-corrected chi connectivity index (χ4v) is 3.70. The number of carbonyl (C=O) groups is 1. The van der Waals surface area contributed by atoms with Crippen molar-refractivity contribution in [2.75, 3.05) is 14.2 Å². The van der Waals surface area contributed by atoms with Crippen LogP contribution in [-0.4, -0.2) is 25.2 Å². The molecule has 2 aromatic carbocycles. The van der Waals surface area contributed by atoms with E-state index in [1.54, 1.807) is 14.2 Å². The van der Waals surface area contributed by atoms with Crippen molar-refractivity contribution in [2.24, 2.45) is 4.99 Å². The topological polar surface area (TPSA) is 47.9 Å². The molecule has 0 bridgehead atoms. The largest absolute Gasteiger partial charge is 0.493 e. The lowest BCUT2D eigenvalue weighted by molar-refractivity contribution is -0.113. The molecule has 0 N–H and O–H groups in total. The molecule has 0 fully saturated rings. The Bertz CT molecular complexity index is 888. The molecule has 0 aliphatic carbocycles. The molecular formula is C19H16BrNO3S. The Hall–Kier alpha value is -2.05. The van der Waals surface area contributed by atoms with E-state index in [0.717, 1.165) is 15.6 Å². The quantitative estimate of drug-likeness (QED) is 0.667. The van der Waals surface area contributed by atoms with Gasteiger partial charge in [0, 0.05) is 10.0 Å². The summed E-state index contributed by atoms with van der Waals surface area (Å²) in [6, 6.07) is 11.6. The Balaban J connectivity index is 1.91. The summed E-state index contributed by atoms with van der Waals surface area (Å²) in [6.45, 7) is 2.03. The molecule has 3 rings (SSSR count). The van der Waals surface area contributed by atoms with Gasteiger partial charge in [0.1, 0.15) is 5.04 Å². The fourth-order valence-electron chi connectivity index (χ4n) is 2.35. The second kappa shape index (κ2) is 7.45. The van der Waals surface area contributed by atoms with Gasteiger partial charge in [-0.1, -0.05) is 57.5 Å². The lowest BCUT2D eigenvalue weighted by atomic mass is 10.2. The van der Waals surface area contributed by atoms with E-state index in [-0.39, 0.29) is 5.91 Å². The molecule has 0 spiro atoms. The molecule has 1 aliphatic heterocycles. The normalized spacial score (nSPS) is 15.4. The predicted molar refractivity (Wildman–Crippen MR) is 106 cm³/mol. The number of aliphatic imine (C=N–C) groups is 1. The molecule has 6 heteroatoms. The van der Waals surface area contributed by atoms with E-state index in [4.69, 9.17) is 9.47 Å². The highest BCUT2D eigenvalue weighted by molar-refractivity contribution is 9.10. The zero-order valence-corrected chi connectivity index (χ0v) is 16.4. The van der Waals surface area contributed by atoms with Crippen LogP contribution in [0.15, 0.2) is 50.8 Å². The summed E-state index contributed by atoms with van der Waals surface area (Å²) in [7, 11) is 3.16. The highest BCUT2D eigenvalue weighted by Crippen LogP contribution is 2.37. The molecule has 1 amide bonds. The van der Waals surface area contributed by atoms with Crippen LogP contribution in [0, 0.1) is 6.92 Å². The number of thioether (sulfide) groups is 1. The summed E-state index contributed by atoms with van der Waals surface area (Å²) in [5.74, 6) is 0.994. The molecule has 0 radical (unpaired) electrons. The predicted octanol–water partition coefficient (Wildman–Crippen LogP) is 4.84. The molecular weight excluding hydrogens is 402 g/mol. The number of aryl methyl sites for hydroxylation is 1. The number of halogens is 1. The third-order valence-electron chi connectivity index (χ3n) is 3.71. The van der Waals surface area contributed by atoms with Crippen LogP contribution in [0.2, 0.25) is 0 Å². The smallest absolute Gasteiger partial charge is 0.284 e. The molecule has 0 saturated carbocycles. The van der Waals surface area contributed by atoms with E-state index < -0.39 is 0 Å². The van der Waals surface area contributed by atoms with Gasteiger partial charge in [0.15, 0.2) is 11.5 Å². The molecule has 128 valence electrons. The summed E-state index contributed by atoms with van der Waals surface area (Å²) in [5, 5.41) is 0.716. The molecule has 0 saturated heterocycles. The average Bonchev–Trinajstić information content (AvgIpc) is 2.97. The minimum absolute atomic E-state index is 0.234. The maximum absolute atomic E-state index is 12.3. The molecule has 0 aromatic heterocycles. The SMILES string of the molecule is COc1cc(Br)c(/C=C2/SC(c3ccc(C)cc3)=NC2=O)cc1OC. The van der Waals surface area contributed by atoms with Gasteiger partial charge in [-0.05, 0) is 30.7 Å². The van der Waals surface area contributed by atoms with Crippen LogP contribution in [0.3, 0.4) is 0 Å². The highest BCUT2D eigenvalue weighted by Gasteiger charge is 2.23. The van der Waals surface area contributed by atoms with Gasteiger partial charge in [-0.25, -0.2) is 4.99 Å². The van der Waals surface area contributed by atoms with E-state index in [2.05, 4.69) is 20.9 Å². The van der Waals surface area contributed by atoms with E-state index in [1.165, 1.54) is 17.3 Å². The standard InChI is InChI=1S/C19H16BrNO3S/c1-11-4-6-12(7-5-11)19-21-18(22)17(25-19)9-13-8-15(23-2)16(24-3)10-14(13)20/h4-10H,1-3H3/b17-9+. The lowest BCUT2D eigenvalue weighted by Crippen LogP contribution is -1.93. The number of hydrogen-bond donors (Lipinski definition) is 0. The third kappa shape index (κ3) is 3.80. The number of ether oxygens (including phenoxy) is 2. The molecule has 1 aliphatic rings. The fraction of sp³-hybridized carbons (Fsp3) is 0.158. The van der Waals surface area contributed by atoms with Crippen LogP contribution in [0.4, 0.5) is 0 Å². The minimum atomic E-state index is -0.234. The number of hydrogen-bond acceptors (Lipinski definition) is 4. The summed E-state index contributed by atoms with van der Waals surface area (Å²) in [6.07, 6.45) is 1.81. The molecule has 25 heavy (non-hydrogen) atoms. The van der Waals surface area contributed by atoms with Crippen molar-refractivity contribution < 1.29 is 14.3 Å². The summed E-state index contributed by atoms with van der Waals surface area (Å²) < 4.78 is 11.4. The number of benzene rings is 2. The first-order valence-electron chi connectivity index (χ1n) is 7.53. The first kappa shape index (κ1) is 17.8. The van der Waals surface area contributed by atoms with Gasteiger partial charge < -0.3 is 9.47 Å². The van der Waals surface area contributed by atoms with Crippen LogP contribution < -0.4 is 9.47 Å². The van der Waals surface area contributed by atoms with Crippen LogP contribution in [-0.2, 0) is 4.79 Å². The van der Waals surface area contributed by atoms with Crippen molar-refractivity contribution >= 4 is 44.7 Å². The van der Waals surface area contributed by atoms with Crippen LogP contribution in [0.1, 0.15) is 16.7 Å². The summed E-state index contributed by atoms with van der Waals surface area (Å²) in [4.78, 5) is 17.0. The number of methoxy groups -OCH3 is 2. The third-order valence-corrected chi connectivity index (χ3v) is 5.43. The second-order valence-corrected chi connectivity index (χ2v) is 7.31. The van der Waals surface area contributed by atoms with Gasteiger partial charge in [0.25, 0.3) is 5.91 Å². The number of nitrogens with zero attached hydrogens (tertiary/aromatic N) is 1. The Morgan fingerprint density at radius 2 is 1.72 bits per heavy atom. The van der Waals surface area contributed by atoms with Crippen molar-refractivity contribution in [1.29, 1.82) is 0 Å². The Labute approximate surface area is 159 Å². The zero-order chi connectivity index (χ0) is 18.0. The monoisotopic (exact) mass is 417 g/mol. The van der Waals surface area contributed by atoms with Gasteiger partial charge in [-0.2, -0.15) is 0 Å². The highest BCUT2D eigenvalue weighted by atomic mass is 79.9. The molecule has 4 nitrogen and oxygen atoms in total. The van der Waals surface area contributed by atoms with E-state index >= 15 is 0 Å². The number of amides is 1. The first-order valence-corrected chi connectivity index (χ1v) is 9.14. The Kier molecular flexibility index (Phi) is 5.30. The van der Waals surface area contributed by atoms with Crippen LogP contribution in [0.25, 0.3) is 6.08 Å². The van der Waals surface area contributed by atoms with Crippen molar-refractivity contribution in [3.63, 3.8) is 0 Å². The average molecular weight is 418 g/mol.